The van der Waals surface area contributed by atoms with E-state index in [1.165, 1.54) is 51.4 Å². The Labute approximate surface area is 263 Å². The number of carbonyl (C=O) groups excluding carboxylic acids is 2. The van der Waals surface area contributed by atoms with Gasteiger partial charge in [0.2, 0.25) is 0 Å². The number of hydrogen-bond acceptors (Lipinski definition) is 5. The van der Waals surface area contributed by atoms with Crippen molar-refractivity contribution >= 4 is 12.1 Å². The lowest BCUT2D eigenvalue weighted by Gasteiger charge is -2.38. The Morgan fingerprint density at radius 3 is 1.98 bits per heavy atom. The predicted octanol–water partition coefficient (Wildman–Crippen LogP) is 9.95. The molecular formula is C37H63NO5. The monoisotopic (exact) mass is 601 g/mol. The zero-order valence-electron chi connectivity index (χ0n) is 29.6. The van der Waals surface area contributed by atoms with Gasteiger partial charge in [0.05, 0.1) is 0 Å². The second-order valence-corrected chi connectivity index (χ2v) is 15.2. The Morgan fingerprint density at radius 2 is 1.42 bits per heavy atom. The summed E-state index contributed by atoms with van der Waals surface area (Å²) >= 11 is 0. The number of fused-ring (bicyclic) bond motifs is 1. The Morgan fingerprint density at radius 1 is 0.860 bits per heavy atom. The van der Waals surface area contributed by atoms with Crippen molar-refractivity contribution in [2.75, 3.05) is 0 Å². The summed E-state index contributed by atoms with van der Waals surface area (Å²) in [5, 5.41) is 2.58. The number of nitrogens with one attached hydrogen (secondary N) is 1. The van der Waals surface area contributed by atoms with Crippen molar-refractivity contribution in [2.45, 2.75) is 171 Å². The van der Waals surface area contributed by atoms with Crippen LogP contribution in [0.1, 0.15) is 149 Å². The molecule has 1 aromatic carbocycles. The zero-order chi connectivity index (χ0) is 32.5. The van der Waals surface area contributed by atoms with E-state index in [4.69, 9.17) is 14.2 Å². The molecule has 6 nitrogen and oxygen atoms in total. The SMILES string of the molecule is Cc1c(C)c2c(c(C)c1OC(=O)[C@@H](C)NC(=O)OC(C)(C)C)CC[C@@](C)(CCC[C@H](C)CCC[C@@H](C)CCCC(C)C)O2. The molecule has 1 N–H and O–H groups in total. The third kappa shape index (κ3) is 12.0. The minimum Gasteiger partial charge on any atom is -0.487 e. The normalized spacial score (nSPS) is 18.8. The fourth-order valence-electron chi connectivity index (χ4n) is 6.15. The second-order valence-electron chi connectivity index (χ2n) is 15.2. The van der Waals surface area contributed by atoms with E-state index in [0.717, 1.165) is 65.0 Å². The van der Waals surface area contributed by atoms with Crippen LogP contribution in [0.3, 0.4) is 0 Å². The summed E-state index contributed by atoms with van der Waals surface area (Å²) in [5.74, 6) is 3.40. The molecule has 0 radical (unpaired) electrons. The van der Waals surface area contributed by atoms with Gasteiger partial charge in [-0.3, -0.25) is 0 Å². The molecule has 0 aliphatic carbocycles. The molecule has 246 valence electrons. The highest BCUT2D eigenvalue weighted by Crippen LogP contribution is 2.45. The molecule has 1 amide bonds. The van der Waals surface area contributed by atoms with Crippen LogP contribution in [0.15, 0.2) is 0 Å². The summed E-state index contributed by atoms with van der Waals surface area (Å²) in [4.78, 5) is 25.1. The number of benzene rings is 1. The Kier molecular flexibility index (Phi) is 13.9. The molecule has 1 aromatic rings. The summed E-state index contributed by atoms with van der Waals surface area (Å²) < 4.78 is 17.9. The average Bonchev–Trinajstić information content (AvgIpc) is 2.88. The molecular weight excluding hydrogens is 538 g/mol. The highest BCUT2D eigenvalue weighted by molar-refractivity contribution is 5.83. The van der Waals surface area contributed by atoms with Crippen molar-refractivity contribution in [3.63, 3.8) is 0 Å². The Balaban J connectivity index is 1.92. The molecule has 0 spiro atoms. The lowest BCUT2D eigenvalue weighted by molar-refractivity contribution is -0.136. The lowest BCUT2D eigenvalue weighted by Crippen LogP contribution is -2.43. The van der Waals surface area contributed by atoms with Crippen LogP contribution < -0.4 is 14.8 Å². The van der Waals surface area contributed by atoms with Gasteiger partial charge in [0.15, 0.2) is 0 Å². The molecule has 0 fully saturated rings. The van der Waals surface area contributed by atoms with Crippen molar-refractivity contribution in [3.8, 4) is 11.5 Å². The molecule has 43 heavy (non-hydrogen) atoms. The molecule has 0 aromatic heterocycles. The maximum Gasteiger partial charge on any atom is 0.408 e. The summed E-state index contributed by atoms with van der Waals surface area (Å²) in [6.07, 6.45) is 12.8. The van der Waals surface area contributed by atoms with Crippen molar-refractivity contribution in [1.29, 1.82) is 0 Å². The van der Waals surface area contributed by atoms with Gasteiger partial charge in [-0.1, -0.05) is 72.6 Å². The highest BCUT2D eigenvalue weighted by atomic mass is 16.6. The fraction of sp³-hybridized carbons (Fsp3) is 0.784. The molecule has 1 aliphatic rings. The van der Waals surface area contributed by atoms with Crippen molar-refractivity contribution in [3.05, 3.63) is 22.3 Å². The Hall–Kier alpha value is -2.24. The maximum absolute atomic E-state index is 12.9. The summed E-state index contributed by atoms with van der Waals surface area (Å²) in [6.45, 7) is 24.7. The first-order valence-electron chi connectivity index (χ1n) is 16.9. The van der Waals surface area contributed by atoms with Crippen LogP contribution in [0.2, 0.25) is 0 Å². The van der Waals surface area contributed by atoms with Crippen LogP contribution in [0.5, 0.6) is 11.5 Å². The lowest BCUT2D eigenvalue weighted by atomic mass is 9.83. The number of carbonyl (C=O) groups is 2. The van der Waals surface area contributed by atoms with Crippen LogP contribution in [-0.2, 0) is 16.0 Å². The molecule has 0 unspecified atom stereocenters. The van der Waals surface area contributed by atoms with Crippen LogP contribution in [0, 0.1) is 38.5 Å². The standard InChI is InChI=1S/C37H63NO5/c1-24(2)16-13-17-25(3)18-14-19-26(4)20-15-22-37(12)23-21-31-29(7)32(27(5)28(6)33(31)42-37)41-34(39)30(8)38-35(40)43-36(9,10)11/h24-26,30H,13-23H2,1-12H3,(H,38,40)/t25-,26+,30+,37+/m0/s1. The van der Waals surface area contributed by atoms with Crippen LogP contribution >= 0.6 is 0 Å². The van der Waals surface area contributed by atoms with Crippen molar-refractivity contribution < 1.29 is 23.8 Å². The largest absolute Gasteiger partial charge is 0.487 e. The van der Waals surface area contributed by atoms with Gasteiger partial charge < -0.3 is 19.5 Å². The van der Waals surface area contributed by atoms with Gasteiger partial charge in [0, 0.05) is 5.56 Å². The van der Waals surface area contributed by atoms with Gasteiger partial charge >= 0.3 is 12.1 Å². The highest BCUT2D eigenvalue weighted by Gasteiger charge is 2.35. The van der Waals surface area contributed by atoms with Gasteiger partial charge in [-0.2, -0.15) is 0 Å². The summed E-state index contributed by atoms with van der Waals surface area (Å²) in [7, 11) is 0. The molecule has 2 rings (SSSR count). The van der Waals surface area contributed by atoms with Gasteiger partial charge in [-0.05, 0) is 116 Å². The van der Waals surface area contributed by atoms with Gasteiger partial charge in [-0.25, -0.2) is 9.59 Å². The van der Waals surface area contributed by atoms with Crippen LogP contribution in [0.4, 0.5) is 4.79 Å². The van der Waals surface area contributed by atoms with E-state index < -0.39 is 23.7 Å². The number of amides is 1. The van der Waals surface area contributed by atoms with Crippen LogP contribution in [0.25, 0.3) is 0 Å². The smallest absolute Gasteiger partial charge is 0.408 e. The first-order valence-corrected chi connectivity index (χ1v) is 16.9. The van der Waals surface area contributed by atoms with E-state index in [0.29, 0.717) is 5.75 Å². The molecule has 0 bridgehead atoms. The summed E-state index contributed by atoms with van der Waals surface area (Å²) in [5.41, 5.74) is 3.13. The number of hydrogen-bond donors (Lipinski definition) is 1. The average molecular weight is 602 g/mol. The van der Waals surface area contributed by atoms with E-state index in [1.807, 2.05) is 20.8 Å². The molecule has 0 saturated carbocycles. The number of alkyl carbamates (subject to hydrolysis) is 1. The predicted molar refractivity (Wildman–Crippen MR) is 177 cm³/mol. The number of esters is 1. The van der Waals surface area contributed by atoms with Gasteiger partial charge in [0.25, 0.3) is 0 Å². The van der Waals surface area contributed by atoms with Crippen LogP contribution in [-0.4, -0.2) is 29.3 Å². The molecule has 1 heterocycles. The molecule has 1 aliphatic heterocycles. The van der Waals surface area contributed by atoms with E-state index in [9.17, 15) is 9.59 Å². The Bertz CT molecular complexity index is 1070. The minimum absolute atomic E-state index is 0.189. The number of ether oxygens (including phenoxy) is 3. The second kappa shape index (κ2) is 16.2. The van der Waals surface area contributed by atoms with E-state index in [1.54, 1.807) is 27.7 Å². The van der Waals surface area contributed by atoms with Crippen molar-refractivity contribution in [2.24, 2.45) is 17.8 Å². The fourth-order valence-corrected chi connectivity index (χ4v) is 6.15. The van der Waals surface area contributed by atoms with Crippen molar-refractivity contribution in [1.82, 2.24) is 5.32 Å². The minimum atomic E-state index is -0.843. The van der Waals surface area contributed by atoms with E-state index in [-0.39, 0.29) is 5.60 Å². The molecule has 0 saturated heterocycles. The summed E-state index contributed by atoms with van der Waals surface area (Å²) in [6, 6.07) is -0.843. The molecule has 6 heteroatoms. The number of rotatable bonds is 15. The third-order valence-corrected chi connectivity index (χ3v) is 9.13. The molecule has 4 atom stereocenters. The van der Waals surface area contributed by atoms with Gasteiger partial charge in [0.1, 0.15) is 28.7 Å². The van der Waals surface area contributed by atoms with E-state index in [2.05, 4.69) is 39.9 Å². The first-order chi connectivity index (χ1) is 19.9. The quantitative estimate of drug-likeness (QED) is 0.160. The van der Waals surface area contributed by atoms with E-state index >= 15 is 0 Å². The maximum atomic E-state index is 12.9. The third-order valence-electron chi connectivity index (χ3n) is 9.13. The zero-order valence-corrected chi connectivity index (χ0v) is 29.6. The first kappa shape index (κ1) is 36.9. The topological polar surface area (TPSA) is 73.9 Å². The van der Waals surface area contributed by atoms with Gasteiger partial charge in [-0.15, -0.1) is 0 Å².